The van der Waals surface area contributed by atoms with Gasteiger partial charge in [0.25, 0.3) is 5.69 Å². The molecule has 0 aliphatic heterocycles. The van der Waals surface area contributed by atoms with Crippen LogP contribution in [0.1, 0.15) is 5.56 Å². The van der Waals surface area contributed by atoms with Gasteiger partial charge in [0.1, 0.15) is 17.5 Å². The highest BCUT2D eigenvalue weighted by molar-refractivity contribution is 5.46. The molecule has 0 bridgehead atoms. The van der Waals surface area contributed by atoms with E-state index in [4.69, 9.17) is 0 Å². The van der Waals surface area contributed by atoms with Crippen LogP contribution in [0.15, 0.2) is 36.4 Å². The van der Waals surface area contributed by atoms with Gasteiger partial charge in [-0.25, -0.2) is 13.2 Å². The lowest BCUT2D eigenvalue weighted by Gasteiger charge is -2.08. The molecule has 20 heavy (non-hydrogen) atoms. The molecule has 2 rings (SSSR count). The Bertz CT molecular complexity index is 662. The van der Waals surface area contributed by atoms with Gasteiger partial charge < -0.3 is 5.32 Å². The summed E-state index contributed by atoms with van der Waals surface area (Å²) in [5, 5.41) is 13.1. The fourth-order valence-corrected chi connectivity index (χ4v) is 1.67. The molecule has 0 aromatic heterocycles. The quantitative estimate of drug-likeness (QED) is 0.688. The maximum Gasteiger partial charge on any atom is 0.272 e. The third-order valence-corrected chi connectivity index (χ3v) is 2.56. The van der Waals surface area contributed by atoms with Gasteiger partial charge in [-0.15, -0.1) is 0 Å². The summed E-state index contributed by atoms with van der Waals surface area (Å²) < 4.78 is 39.5. The molecule has 0 aliphatic carbocycles. The summed E-state index contributed by atoms with van der Waals surface area (Å²) in [4.78, 5) is 9.86. The summed E-state index contributed by atoms with van der Waals surface area (Å²) in [6.45, 7) is -0.0705. The molecule has 1 N–H and O–H groups in total. The fraction of sp³-hybridized carbons (Fsp3) is 0.0769. The number of rotatable bonds is 4. The van der Waals surface area contributed by atoms with Crippen LogP contribution in [0.25, 0.3) is 0 Å². The molecule has 104 valence electrons. The molecule has 0 amide bonds. The van der Waals surface area contributed by atoms with Gasteiger partial charge in [0.15, 0.2) is 0 Å². The Morgan fingerprint density at radius 1 is 1.05 bits per heavy atom. The van der Waals surface area contributed by atoms with Gasteiger partial charge >= 0.3 is 0 Å². The number of non-ortho nitro benzene ring substituents is 1. The van der Waals surface area contributed by atoms with Crippen molar-refractivity contribution < 1.29 is 18.1 Å². The van der Waals surface area contributed by atoms with E-state index < -0.39 is 28.1 Å². The van der Waals surface area contributed by atoms with Crippen molar-refractivity contribution >= 4 is 11.4 Å². The Morgan fingerprint density at radius 3 is 2.50 bits per heavy atom. The van der Waals surface area contributed by atoms with Crippen molar-refractivity contribution in [2.75, 3.05) is 5.32 Å². The lowest BCUT2D eigenvalue weighted by atomic mass is 10.2. The lowest BCUT2D eigenvalue weighted by molar-refractivity contribution is -0.385. The normalized spacial score (nSPS) is 10.3. The first kappa shape index (κ1) is 13.9. The van der Waals surface area contributed by atoms with Crippen LogP contribution in [-0.2, 0) is 6.54 Å². The summed E-state index contributed by atoms with van der Waals surface area (Å²) in [6, 6.07) is 5.89. The molecule has 0 fully saturated rings. The zero-order chi connectivity index (χ0) is 14.7. The molecule has 2 aromatic rings. The number of hydrogen-bond acceptors (Lipinski definition) is 3. The zero-order valence-electron chi connectivity index (χ0n) is 10.1. The average molecular weight is 282 g/mol. The standard InChI is InChI=1S/C13H9F3N2O2/c14-9-1-2-12(16)13(6-9)17-7-8-3-10(15)5-11(4-8)18(19)20/h1-6,17H,7H2. The van der Waals surface area contributed by atoms with Crippen LogP contribution in [0.4, 0.5) is 24.5 Å². The van der Waals surface area contributed by atoms with Crippen molar-refractivity contribution in [3.63, 3.8) is 0 Å². The van der Waals surface area contributed by atoms with Gasteiger partial charge in [0, 0.05) is 12.6 Å². The molecule has 0 saturated carbocycles. The second-order valence-electron chi connectivity index (χ2n) is 4.05. The van der Waals surface area contributed by atoms with E-state index in [1.54, 1.807) is 0 Å². The lowest BCUT2D eigenvalue weighted by Crippen LogP contribution is -2.03. The Morgan fingerprint density at radius 2 is 1.80 bits per heavy atom. The SMILES string of the molecule is O=[N+]([O-])c1cc(F)cc(CNc2cc(F)ccc2F)c1. The van der Waals surface area contributed by atoms with Crippen molar-refractivity contribution in [3.05, 3.63) is 69.5 Å². The van der Waals surface area contributed by atoms with E-state index in [0.717, 1.165) is 36.4 Å². The Labute approximate surface area is 112 Å². The number of hydrogen-bond donors (Lipinski definition) is 1. The average Bonchev–Trinajstić information content (AvgIpc) is 2.39. The minimum Gasteiger partial charge on any atom is -0.379 e. The van der Waals surface area contributed by atoms with Crippen LogP contribution in [0.3, 0.4) is 0 Å². The number of nitrogens with one attached hydrogen (secondary N) is 1. The first-order valence-electron chi connectivity index (χ1n) is 5.58. The second kappa shape index (κ2) is 5.60. The molecule has 7 heteroatoms. The van der Waals surface area contributed by atoms with Crippen LogP contribution in [0.5, 0.6) is 0 Å². The molecule has 2 aromatic carbocycles. The van der Waals surface area contributed by atoms with Crippen LogP contribution in [-0.4, -0.2) is 4.92 Å². The third-order valence-electron chi connectivity index (χ3n) is 2.56. The Balaban J connectivity index is 2.18. The van der Waals surface area contributed by atoms with E-state index in [1.807, 2.05) is 0 Å². The van der Waals surface area contributed by atoms with Gasteiger partial charge in [-0.1, -0.05) is 0 Å². The predicted octanol–water partition coefficient (Wildman–Crippen LogP) is 3.62. The summed E-state index contributed by atoms with van der Waals surface area (Å²) in [5.74, 6) is -2.06. The highest BCUT2D eigenvalue weighted by atomic mass is 19.1. The number of nitro groups is 1. The highest BCUT2D eigenvalue weighted by Gasteiger charge is 2.10. The summed E-state index contributed by atoms with van der Waals surface area (Å²) in [6.07, 6.45) is 0. The first-order chi connectivity index (χ1) is 9.45. The smallest absolute Gasteiger partial charge is 0.272 e. The summed E-state index contributed by atoms with van der Waals surface area (Å²) >= 11 is 0. The predicted molar refractivity (Wildman–Crippen MR) is 66.7 cm³/mol. The first-order valence-corrected chi connectivity index (χ1v) is 5.58. The van der Waals surface area contributed by atoms with Crippen molar-refractivity contribution in [2.45, 2.75) is 6.54 Å². The molecule has 0 saturated heterocycles. The van der Waals surface area contributed by atoms with Crippen molar-refractivity contribution in [3.8, 4) is 0 Å². The molecule has 0 unspecified atom stereocenters. The molecular formula is C13H9F3N2O2. The number of benzene rings is 2. The fourth-order valence-electron chi connectivity index (χ4n) is 1.67. The van der Waals surface area contributed by atoms with Gasteiger partial charge in [-0.2, -0.15) is 0 Å². The maximum atomic E-state index is 13.3. The number of halogens is 3. The monoisotopic (exact) mass is 282 g/mol. The van der Waals surface area contributed by atoms with Gasteiger partial charge in [-0.05, 0) is 29.8 Å². The second-order valence-corrected chi connectivity index (χ2v) is 4.05. The molecule has 0 radical (unpaired) electrons. The number of anilines is 1. The van der Waals surface area contributed by atoms with Crippen molar-refractivity contribution in [1.82, 2.24) is 0 Å². The van der Waals surface area contributed by atoms with Gasteiger partial charge in [0.05, 0.1) is 16.7 Å². The third kappa shape index (κ3) is 3.25. The topological polar surface area (TPSA) is 55.2 Å². The summed E-state index contributed by atoms with van der Waals surface area (Å²) in [5.41, 5.74) is -0.251. The number of nitro benzene ring substituents is 1. The van der Waals surface area contributed by atoms with E-state index in [9.17, 15) is 23.3 Å². The Kier molecular flexibility index (Phi) is 3.88. The van der Waals surface area contributed by atoms with Crippen LogP contribution < -0.4 is 5.32 Å². The van der Waals surface area contributed by atoms with Crippen LogP contribution in [0.2, 0.25) is 0 Å². The number of nitrogens with zero attached hydrogens (tertiary/aromatic N) is 1. The maximum absolute atomic E-state index is 13.3. The van der Waals surface area contributed by atoms with E-state index in [1.165, 1.54) is 0 Å². The Hall–Kier alpha value is -2.57. The summed E-state index contributed by atoms with van der Waals surface area (Å²) in [7, 11) is 0. The molecule has 0 atom stereocenters. The molecule has 0 heterocycles. The van der Waals surface area contributed by atoms with Crippen molar-refractivity contribution in [1.29, 1.82) is 0 Å². The molecule has 0 spiro atoms. The van der Waals surface area contributed by atoms with Crippen LogP contribution >= 0.6 is 0 Å². The van der Waals surface area contributed by atoms with E-state index in [0.29, 0.717) is 0 Å². The van der Waals surface area contributed by atoms with Crippen LogP contribution in [0, 0.1) is 27.6 Å². The highest BCUT2D eigenvalue weighted by Crippen LogP contribution is 2.19. The van der Waals surface area contributed by atoms with Crippen molar-refractivity contribution in [2.24, 2.45) is 0 Å². The van der Waals surface area contributed by atoms with E-state index in [-0.39, 0.29) is 17.8 Å². The zero-order valence-corrected chi connectivity index (χ0v) is 10.1. The minimum atomic E-state index is -0.768. The van der Waals surface area contributed by atoms with Gasteiger partial charge in [0.2, 0.25) is 0 Å². The molecule has 4 nitrogen and oxygen atoms in total. The minimum absolute atomic E-state index is 0.0705. The molecular weight excluding hydrogens is 273 g/mol. The largest absolute Gasteiger partial charge is 0.379 e. The van der Waals surface area contributed by atoms with E-state index >= 15 is 0 Å². The molecule has 0 aliphatic rings. The van der Waals surface area contributed by atoms with E-state index in [2.05, 4.69) is 5.32 Å². The van der Waals surface area contributed by atoms with Gasteiger partial charge in [-0.3, -0.25) is 10.1 Å².